The molecule has 0 aliphatic carbocycles. The predicted molar refractivity (Wildman–Crippen MR) is 146 cm³/mol. The van der Waals surface area contributed by atoms with Crippen molar-refractivity contribution in [3.8, 4) is 28.7 Å². The highest BCUT2D eigenvalue weighted by molar-refractivity contribution is 7.98. The Hall–Kier alpha value is -4.30. The van der Waals surface area contributed by atoms with E-state index in [9.17, 15) is 4.39 Å². The summed E-state index contributed by atoms with van der Waals surface area (Å²) in [6, 6.07) is 29.8. The Balaban J connectivity index is 1.45. The first-order chi connectivity index (χ1) is 18.6. The Bertz CT molecular complexity index is 1490. The number of ether oxygens (including phenoxy) is 3. The molecule has 0 bridgehead atoms. The average molecular weight is 528 g/mol. The maximum absolute atomic E-state index is 13.4. The second-order valence-electron chi connectivity index (χ2n) is 8.42. The van der Waals surface area contributed by atoms with Gasteiger partial charge in [0.2, 0.25) is 0 Å². The molecule has 8 heteroatoms. The van der Waals surface area contributed by atoms with Crippen LogP contribution < -0.4 is 14.2 Å². The number of halogens is 1. The minimum absolute atomic E-state index is 0.253. The van der Waals surface area contributed by atoms with Gasteiger partial charge in [-0.25, -0.2) is 4.39 Å². The second-order valence-corrected chi connectivity index (χ2v) is 9.37. The lowest BCUT2D eigenvalue weighted by molar-refractivity contribution is 0.354. The molecule has 0 radical (unpaired) electrons. The molecule has 0 aliphatic rings. The van der Waals surface area contributed by atoms with Gasteiger partial charge in [-0.2, -0.15) is 0 Å². The zero-order chi connectivity index (χ0) is 26.3. The first kappa shape index (κ1) is 25.4. The van der Waals surface area contributed by atoms with Crippen molar-refractivity contribution >= 4 is 11.8 Å². The number of para-hydroxylation sites is 1. The predicted octanol–water partition coefficient (Wildman–Crippen LogP) is 7.10. The van der Waals surface area contributed by atoms with E-state index < -0.39 is 0 Å². The summed E-state index contributed by atoms with van der Waals surface area (Å²) < 4.78 is 32.2. The van der Waals surface area contributed by atoms with E-state index in [1.54, 1.807) is 38.1 Å². The second kappa shape index (κ2) is 11.8. The Kier molecular flexibility index (Phi) is 7.89. The van der Waals surface area contributed by atoms with Crippen LogP contribution in [-0.2, 0) is 12.2 Å². The van der Waals surface area contributed by atoms with Crippen molar-refractivity contribution in [1.82, 2.24) is 14.8 Å². The molecule has 192 valence electrons. The molecule has 6 nitrogen and oxygen atoms in total. The van der Waals surface area contributed by atoms with E-state index in [0.717, 1.165) is 39.3 Å². The minimum Gasteiger partial charge on any atom is -0.493 e. The van der Waals surface area contributed by atoms with Gasteiger partial charge in [0.15, 0.2) is 16.7 Å². The van der Waals surface area contributed by atoms with Crippen LogP contribution in [0.3, 0.4) is 0 Å². The minimum atomic E-state index is -0.253. The molecule has 0 atom stereocenters. The summed E-state index contributed by atoms with van der Waals surface area (Å²) in [6.45, 7) is 0. The van der Waals surface area contributed by atoms with Gasteiger partial charge in [0.1, 0.15) is 23.1 Å². The molecule has 0 fully saturated rings. The number of aromatic nitrogens is 3. The summed E-state index contributed by atoms with van der Waals surface area (Å²) in [5.74, 6) is 3.98. The fourth-order valence-electron chi connectivity index (χ4n) is 3.96. The largest absolute Gasteiger partial charge is 0.493 e. The van der Waals surface area contributed by atoms with Crippen LogP contribution in [-0.4, -0.2) is 29.0 Å². The lowest BCUT2D eigenvalue weighted by Crippen LogP contribution is -2.04. The van der Waals surface area contributed by atoms with Gasteiger partial charge in [0.25, 0.3) is 0 Å². The average Bonchev–Trinajstić information content (AvgIpc) is 3.35. The van der Waals surface area contributed by atoms with Crippen molar-refractivity contribution in [2.45, 2.75) is 17.3 Å². The van der Waals surface area contributed by atoms with E-state index in [2.05, 4.69) is 10.2 Å². The molecule has 0 saturated carbocycles. The van der Waals surface area contributed by atoms with Gasteiger partial charge >= 0.3 is 0 Å². The molecule has 0 N–H and O–H groups in total. The molecular formula is C30H26FN3O3S. The standard InChI is InChI=1S/C30H26FN3O3S/c1-35-27-17-10-22(18-28(27)36-2)19-29-32-33-30(38-20-21-8-11-23(31)12-9-21)34(29)24-13-15-26(16-14-24)37-25-6-4-3-5-7-25/h3-18H,19-20H2,1-2H3. The van der Waals surface area contributed by atoms with Crippen molar-refractivity contribution in [2.24, 2.45) is 0 Å². The molecule has 5 rings (SSSR count). The van der Waals surface area contributed by atoms with Crippen LogP contribution in [0.4, 0.5) is 4.39 Å². The number of nitrogens with zero attached hydrogens (tertiary/aromatic N) is 3. The van der Waals surface area contributed by atoms with Crippen LogP contribution in [0.15, 0.2) is 102 Å². The highest BCUT2D eigenvalue weighted by Crippen LogP contribution is 2.31. The van der Waals surface area contributed by atoms with E-state index in [4.69, 9.17) is 14.2 Å². The van der Waals surface area contributed by atoms with E-state index in [1.165, 1.54) is 12.1 Å². The third-order valence-corrected chi connectivity index (χ3v) is 6.87. The summed E-state index contributed by atoms with van der Waals surface area (Å²) in [6.07, 6.45) is 0.534. The SMILES string of the molecule is COc1ccc(Cc2nnc(SCc3ccc(F)cc3)n2-c2ccc(Oc3ccccc3)cc2)cc1OC. The zero-order valence-corrected chi connectivity index (χ0v) is 21.8. The molecule has 0 saturated heterocycles. The number of benzene rings is 4. The van der Waals surface area contributed by atoms with Crippen LogP contribution >= 0.6 is 11.8 Å². The number of rotatable bonds is 10. The monoisotopic (exact) mass is 527 g/mol. The first-order valence-corrected chi connectivity index (χ1v) is 13.0. The summed E-state index contributed by atoms with van der Waals surface area (Å²) in [7, 11) is 3.23. The maximum atomic E-state index is 13.4. The molecule has 5 aromatic rings. The number of thioether (sulfide) groups is 1. The van der Waals surface area contributed by atoms with Crippen molar-refractivity contribution in [2.75, 3.05) is 14.2 Å². The number of hydrogen-bond acceptors (Lipinski definition) is 6. The Morgan fingerprint density at radius 1 is 0.737 bits per heavy atom. The molecule has 0 spiro atoms. The van der Waals surface area contributed by atoms with Gasteiger partial charge in [-0.15, -0.1) is 10.2 Å². The van der Waals surface area contributed by atoms with Crippen LogP contribution in [0.1, 0.15) is 17.0 Å². The third-order valence-electron chi connectivity index (χ3n) is 5.87. The number of methoxy groups -OCH3 is 2. The van der Waals surface area contributed by atoms with Crippen LogP contribution in [0.2, 0.25) is 0 Å². The fraction of sp³-hybridized carbons (Fsp3) is 0.133. The van der Waals surface area contributed by atoms with Crippen LogP contribution in [0.5, 0.6) is 23.0 Å². The van der Waals surface area contributed by atoms with Crippen molar-refractivity contribution in [3.63, 3.8) is 0 Å². The van der Waals surface area contributed by atoms with Gasteiger partial charge in [-0.3, -0.25) is 4.57 Å². The fourth-order valence-corrected chi connectivity index (χ4v) is 4.88. The van der Waals surface area contributed by atoms with E-state index in [-0.39, 0.29) is 5.82 Å². The Morgan fingerprint density at radius 2 is 1.42 bits per heavy atom. The van der Waals surface area contributed by atoms with Crippen LogP contribution in [0, 0.1) is 5.82 Å². The van der Waals surface area contributed by atoms with E-state index in [1.807, 2.05) is 77.4 Å². The lowest BCUT2D eigenvalue weighted by Gasteiger charge is -2.13. The van der Waals surface area contributed by atoms with Crippen molar-refractivity contribution in [1.29, 1.82) is 0 Å². The summed E-state index contributed by atoms with van der Waals surface area (Å²) in [5, 5.41) is 9.77. The summed E-state index contributed by atoms with van der Waals surface area (Å²) in [4.78, 5) is 0. The van der Waals surface area contributed by atoms with E-state index >= 15 is 0 Å². The Morgan fingerprint density at radius 3 is 2.13 bits per heavy atom. The quantitative estimate of drug-likeness (QED) is 0.181. The van der Waals surface area contributed by atoms with Gasteiger partial charge in [-0.05, 0) is 71.8 Å². The third kappa shape index (κ3) is 5.98. The number of hydrogen-bond donors (Lipinski definition) is 0. The molecule has 4 aromatic carbocycles. The maximum Gasteiger partial charge on any atom is 0.196 e. The highest BCUT2D eigenvalue weighted by atomic mass is 32.2. The highest BCUT2D eigenvalue weighted by Gasteiger charge is 2.17. The van der Waals surface area contributed by atoms with Crippen molar-refractivity contribution < 1.29 is 18.6 Å². The van der Waals surface area contributed by atoms with Crippen LogP contribution in [0.25, 0.3) is 5.69 Å². The zero-order valence-electron chi connectivity index (χ0n) is 21.0. The molecule has 0 unspecified atom stereocenters. The Labute approximate surface area is 225 Å². The van der Waals surface area contributed by atoms with Crippen molar-refractivity contribution in [3.05, 3.63) is 120 Å². The van der Waals surface area contributed by atoms with Gasteiger partial charge in [-0.1, -0.05) is 48.2 Å². The van der Waals surface area contributed by atoms with E-state index in [0.29, 0.717) is 23.7 Å². The molecular weight excluding hydrogens is 501 g/mol. The van der Waals surface area contributed by atoms with Gasteiger partial charge < -0.3 is 14.2 Å². The molecule has 1 aromatic heterocycles. The lowest BCUT2D eigenvalue weighted by atomic mass is 10.1. The first-order valence-electron chi connectivity index (χ1n) is 12.0. The molecule has 1 heterocycles. The molecule has 38 heavy (non-hydrogen) atoms. The topological polar surface area (TPSA) is 58.4 Å². The van der Waals surface area contributed by atoms with Gasteiger partial charge in [0, 0.05) is 17.9 Å². The normalized spacial score (nSPS) is 10.8. The molecule has 0 amide bonds. The summed E-state index contributed by atoms with van der Waals surface area (Å²) in [5.41, 5.74) is 2.92. The smallest absolute Gasteiger partial charge is 0.196 e. The summed E-state index contributed by atoms with van der Waals surface area (Å²) >= 11 is 1.54. The molecule has 0 aliphatic heterocycles. The van der Waals surface area contributed by atoms with Gasteiger partial charge in [0.05, 0.1) is 14.2 Å².